The molecule has 1 aliphatic carbocycles. The van der Waals surface area contributed by atoms with E-state index in [1.165, 1.54) is 32.4 Å². The molecule has 0 amide bonds. The number of nitrogens with one attached hydrogen (secondary N) is 2. The first-order valence-electron chi connectivity index (χ1n) is 10.7. The molecule has 1 saturated heterocycles. The number of ether oxygens (including phenoxy) is 2. The van der Waals surface area contributed by atoms with Crippen molar-refractivity contribution >= 4 is 5.96 Å². The van der Waals surface area contributed by atoms with Crippen LogP contribution in [0.25, 0.3) is 0 Å². The standard InChI is InChI=1S/C22H36N4O2/c1-4-26-13-12-17(16-26)14-24-22(23-2)25-15-18-8-7-11-20(27-3)21(18)28-19-9-5-6-10-19/h7-8,11,17,19H,4-6,9-10,12-16H2,1-3H3,(H2,23,24,25). The quantitative estimate of drug-likeness (QED) is 0.530. The SMILES string of the molecule is CCN1CCC(CNC(=NC)NCc2cccc(OC)c2OC2CCCC2)C1. The van der Waals surface area contributed by atoms with Gasteiger partial charge in [-0.25, -0.2) is 0 Å². The maximum absolute atomic E-state index is 6.33. The monoisotopic (exact) mass is 388 g/mol. The molecule has 3 rings (SSSR count). The van der Waals surface area contributed by atoms with Crippen LogP contribution in [0.2, 0.25) is 0 Å². The van der Waals surface area contributed by atoms with Gasteiger partial charge >= 0.3 is 0 Å². The molecule has 0 aromatic heterocycles. The Balaban J connectivity index is 1.56. The summed E-state index contributed by atoms with van der Waals surface area (Å²) in [5.41, 5.74) is 1.10. The second-order valence-electron chi connectivity index (χ2n) is 7.83. The molecule has 2 fully saturated rings. The van der Waals surface area contributed by atoms with Gasteiger partial charge in [0.25, 0.3) is 0 Å². The van der Waals surface area contributed by atoms with Crippen molar-refractivity contribution in [2.45, 2.75) is 51.7 Å². The lowest BCUT2D eigenvalue weighted by atomic mass is 10.1. The number of aliphatic imine (C=N–C) groups is 1. The number of rotatable bonds is 8. The topological polar surface area (TPSA) is 58.1 Å². The van der Waals surface area contributed by atoms with Gasteiger partial charge < -0.3 is 25.0 Å². The first kappa shape index (κ1) is 20.8. The smallest absolute Gasteiger partial charge is 0.191 e. The minimum absolute atomic E-state index is 0.302. The molecule has 156 valence electrons. The summed E-state index contributed by atoms with van der Waals surface area (Å²) in [6.07, 6.45) is 6.32. The Hall–Kier alpha value is -1.95. The second-order valence-corrected chi connectivity index (χ2v) is 7.83. The van der Waals surface area contributed by atoms with Gasteiger partial charge in [-0.05, 0) is 57.2 Å². The number of methoxy groups -OCH3 is 1. The molecular formula is C22H36N4O2. The van der Waals surface area contributed by atoms with Gasteiger partial charge in [-0.2, -0.15) is 0 Å². The van der Waals surface area contributed by atoms with Gasteiger partial charge in [0.05, 0.1) is 13.2 Å². The molecule has 0 radical (unpaired) electrons. The molecule has 2 aliphatic rings. The van der Waals surface area contributed by atoms with E-state index in [4.69, 9.17) is 9.47 Å². The van der Waals surface area contributed by atoms with E-state index in [1.54, 1.807) is 7.11 Å². The normalized spacial score (nSPS) is 21.1. The Morgan fingerprint density at radius 2 is 2.04 bits per heavy atom. The number of hydrogen-bond acceptors (Lipinski definition) is 4. The van der Waals surface area contributed by atoms with Crippen LogP contribution in [0.4, 0.5) is 0 Å². The summed E-state index contributed by atoms with van der Waals surface area (Å²) in [6, 6.07) is 6.09. The summed E-state index contributed by atoms with van der Waals surface area (Å²) < 4.78 is 11.9. The van der Waals surface area contributed by atoms with Crippen LogP contribution >= 0.6 is 0 Å². The second kappa shape index (κ2) is 10.6. The molecule has 1 aromatic rings. The van der Waals surface area contributed by atoms with Crippen LogP contribution < -0.4 is 20.1 Å². The number of nitrogens with zero attached hydrogens (tertiary/aromatic N) is 2. The third-order valence-corrected chi connectivity index (χ3v) is 5.91. The van der Waals surface area contributed by atoms with E-state index >= 15 is 0 Å². The number of likely N-dealkylation sites (tertiary alicyclic amines) is 1. The minimum Gasteiger partial charge on any atom is -0.493 e. The van der Waals surface area contributed by atoms with Gasteiger partial charge in [-0.1, -0.05) is 19.1 Å². The van der Waals surface area contributed by atoms with Crippen molar-refractivity contribution in [1.29, 1.82) is 0 Å². The summed E-state index contributed by atoms with van der Waals surface area (Å²) in [7, 11) is 3.53. The molecule has 28 heavy (non-hydrogen) atoms. The van der Waals surface area contributed by atoms with Gasteiger partial charge in [0.2, 0.25) is 0 Å². The molecule has 1 atom stereocenters. The average Bonchev–Trinajstić information content (AvgIpc) is 3.40. The largest absolute Gasteiger partial charge is 0.493 e. The summed E-state index contributed by atoms with van der Waals surface area (Å²) in [4.78, 5) is 6.89. The van der Waals surface area contributed by atoms with Crippen LogP contribution in [0, 0.1) is 5.92 Å². The van der Waals surface area contributed by atoms with Crippen molar-refractivity contribution in [1.82, 2.24) is 15.5 Å². The number of hydrogen-bond donors (Lipinski definition) is 2. The van der Waals surface area contributed by atoms with Crippen LogP contribution in [0.1, 0.15) is 44.6 Å². The molecule has 1 aromatic carbocycles. The predicted molar refractivity (Wildman–Crippen MR) is 114 cm³/mol. The van der Waals surface area contributed by atoms with E-state index in [2.05, 4.69) is 33.5 Å². The first-order chi connectivity index (χ1) is 13.7. The third-order valence-electron chi connectivity index (χ3n) is 5.91. The molecule has 0 bridgehead atoms. The third kappa shape index (κ3) is 5.53. The average molecular weight is 389 g/mol. The van der Waals surface area contributed by atoms with Crippen molar-refractivity contribution in [2.24, 2.45) is 10.9 Å². The van der Waals surface area contributed by atoms with Crippen molar-refractivity contribution < 1.29 is 9.47 Å². The van der Waals surface area contributed by atoms with Crippen molar-refractivity contribution in [2.75, 3.05) is 40.3 Å². The van der Waals surface area contributed by atoms with E-state index < -0.39 is 0 Å². The van der Waals surface area contributed by atoms with E-state index in [-0.39, 0.29) is 0 Å². The summed E-state index contributed by atoms with van der Waals surface area (Å²) in [5, 5.41) is 6.93. The van der Waals surface area contributed by atoms with Crippen LogP contribution in [0.15, 0.2) is 23.2 Å². The maximum Gasteiger partial charge on any atom is 0.191 e. The van der Waals surface area contributed by atoms with E-state index in [9.17, 15) is 0 Å². The summed E-state index contributed by atoms with van der Waals surface area (Å²) in [6.45, 7) is 7.37. The predicted octanol–water partition coefficient (Wildman–Crippen LogP) is 3.02. The molecule has 1 unspecified atom stereocenters. The van der Waals surface area contributed by atoms with E-state index in [0.29, 0.717) is 18.6 Å². The number of guanidine groups is 1. The van der Waals surface area contributed by atoms with Gasteiger partial charge in [-0.15, -0.1) is 0 Å². The molecule has 0 spiro atoms. The molecular weight excluding hydrogens is 352 g/mol. The molecule has 6 nitrogen and oxygen atoms in total. The molecule has 1 heterocycles. The van der Waals surface area contributed by atoms with E-state index in [0.717, 1.165) is 49.0 Å². The fraction of sp³-hybridized carbons (Fsp3) is 0.682. The fourth-order valence-corrected chi connectivity index (χ4v) is 4.18. The lowest BCUT2D eigenvalue weighted by molar-refractivity contribution is 0.198. The molecule has 2 N–H and O–H groups in total. The zero-order chi connectivity index (χ0) is 19.8. The van der Waals surface area contributed by atoms with Crippen LogP contribution in [0.3, 0.4) is 0 Å². The summed E-state index contributed by atoms with van der Waals surface area (Å²) >= 11 is 0. The highest BCUT2D eigenvalue weighted by Gasteiger charge is 2.22. The van der Waals surface area contributed by atoms with Gasteiger partial charge in [0, 0.05) is 32.2 Å². The van der Waals surface area contributed by atoms with E-state index in [1.807, 2.05) is 19.2 Å². The fourth-order valence-electron chi connectivity index (χ4n) is 4.18. The van der Waals surface area contributed by atoms with Crippen LogP contribution in [-0.4, -0.2) is 57.3 Å². The maximum atomic E-state index is 6.33. The Morgan fingerprint density at radius 3 is 2.71 bits per heavy atom. The van der Waals surface area contributed by atoms with Crippen molar-refractivity contribution in [3.05, 3.63) is 23.8 Å². The number of para-hydroxylation sites is 1. The van der Waals surface area contributed by atoms with Crippen LogP contribution in [0.5, 0.6) is 11.5 Å². The highest BCUT2D eigenvalue weighted by Crippen LogP contribution is 2.34. The van der Waals surface area contributed by atoms with Crippen LogP contribution in [-0.2, 0) is 6.54 Å². The zero-order valence-corrected chi connectivity index (χ0v) is 17.7. The lowest BCUT2D eigenvalue weighted by Crippen LogP contribution is -2.40. The zero-order valence-electron chi connectivity index (χ0n) is 17.7. The van der Waals surface area contributed by atoms with Gasteiger partial charge in [0.15, 0.2) is 17.5 Å². The Labute approximate surface area is 169 Å². The Morgan fingerprint density at radius 1 is 1.21 bits per heavy atom. The van der Waals surface area contributed by atoms with Crippen molar-refractivity contribution in [3.8, 4) is 11.5 Å². The molecule has 1 aliphatic heterocycles. The first-order valence-corrected chi connectivity index (χ1v) is 10.7. The number of benzene rings is 1. The molecule has 6 heteroatoms. The highest BCUT2D eigenvalue weighted by molar-refractivity contribution is 5.79. The molecule has 1 saturated carbocycles. The van der Waals surface area contributed by atoms with Crippen molar-refractivity contribution in [3.63, 3.8) is 0 Å². The van der Waals surface area contributed by atoms with Gasteiger partial charge in [0.1, 0.15) is 0 Å². The highest BCUT2D eigenvalue weighted by atomic mass is 16.5. The lowest BCUT2D eigenvalue weighted by Gasteiger charge is -2.20. The Kier molecular flexibility index (Phi) is 7.83. The minimum atomic E-state index is 0.302. The Bertz CT molecular complexity index is 643. The van der Waals surface area contributed by atoms with Gasteiger partial charge in [-0.3, -0.25) is 4.99 Å². The summed E-state index contributed by atoms with van der Waals surface area (Å²) in [5.74, 6) is 3.20.